The van der Waals surface area contributed by atoms with Crippen LogP contribution in [-0.2, 0) is 10.0 Å². The van der Waals surface area contributed by atoms with Gasteiger partial charge in [0, 0.05) is 13.1 Å². The first kappa shape index (κ1) is 15.4. The summed E-state index contributed by atoms with van der Waals surface area (Å²) in [5.74, 6) is -0.199. The van der Waals surface area contributed by atoms with E-state index in [2.05, 4.69) is 5.32 Å². The first-order chi connectivity index (χ1) is 9.45. The van der Waals surface area contributed by atoms with Gasteiger partial charge in [0.15, 0.2) is 0 Å². The molecule has 0 radical (unpaired) electrons. The van der Waals surface area contributed by atoms with Gasteiger partial charge in [0.2, 0.25) is 10.0 Å². The van der Waals surface area contributed by atoms with Crippen molar-refractivity contribution in [1.29, 1.82) is 0 Å². The lowest BCUT2D eigenvalue weighted by atomic mass is 10.00. The summed E-state index contributed by atoms with van der Waals surface area (Å²) < 4.78 is 40.1. The van der Waals surface area contributed by atoms with Gasteiger partial charge in [-0.1, -0.05) is 6.07 Å². The second kappa shape index (κ2) is 6.20. The van der Waals surface area contributed by atoms with Gasteiger partial charge < -0.3 is 5.32 Å². The lowest BCUT2D eigenvalue weighted by Gasteiger charge is -2.32. The molecule has 0 amide bonds. The molecular weight excluding hydrogens is 279 g/mol. The highest BCUT2D eigenvalue weighted by Gasteiger charge is 2.31. The Morgan fingerprint density at radius 2 is 2.20 bits per heavy atom. The van der Waals surface area contributed by atoms with Crippen LogP contribution in [-0.4, -0.2) is 39.4 Å². The number of sulfonamides is 1. The Labute approximate surface area is 120 Å². The number of piperidine rings is 1. The van der Waals surface area contributed by atoms with Crippen molar-refractivity contribution < 1.29 is 12.8 Å². The van der Waals surface area contributed by atoms with Gasteiger partial charge in [0.1, 0.15) is 5.82 Å². The van der Waals surface area contributed by atoms with E-state index >= 15 is 0 Å². The van der Waals surface area contributed by atoms with Crippen LogP contribution in [0.1, 0.15) is 18.4 Å². The summed E-state index contributed by atoms with van der Waals surface area (Å²) >= 11 is 0. The van der Waals surface area contributed by atoms with E-state index in [1.165, 1.54) is 16.4 Å². The predicted octanol–water partition coefficient (Wildman–Crippen LogP) is 1.75. The fourth-order valence-electron chi connectivity index (χ4n) is 2.69. The molecule has 0 spiro atoms. The van der Waals surface area contributed by atoms with Crippen LogP contribution in [0.4, 0.5) is 4.39 Å². The third-order valence-corrected chi connectivity index (χ3v) is 5.75. The van der Waals surface area contributed by atoms with Crippen LogP contribution in [0.3, 0.4) is 0 Å². The molecule has 1 aromatic carbocycles. The minimum absolute atomic E-state index is 0.0857. The summed E-state index contributed by atoms with van der Waals surface area (Å²) in [5, 5.41) is 3.09. The summed E-state index contributed by atoms with van der Waals surface area (Å²) in [5.41, 5.74) is 0.585. The molecule has 0 saturated carbocycles. The van der Waals surface area contributed by atoms with Crippen LogP contribution >= 0.6 is 0 Å². The van der Waals surface area contributed by atoms with Crippen LogP contribution in [0.25, 0.3) is 0 Å². The van der Waals surface area contributed by atoms with Gasteiger partial charge in [-0.15, -0.1) is 0 Å². The predicted molar refractivity (Wildman–Crippen MR) is 76.5 cm³/mol. The zero-order valence-corrected chi connectivity index (χ0v) is 12.7. The average molecular weight is 300 g/mol. The maximum atomic E-state index is 13.3. The Hall–Kier alpha value is -0.980. The molecule has 1 saturated heterocycles. The molecule has 1 N–H and O–H groups in total. The minimum Gasteiger partial charge on any atom is -0.319 e. The van der Waals surface area contributed by atoms with Gasteiger partial charge in [0.05, 0.1) is 4.90 Å². The Balaban J connectivity index is 2.27. The van der Waals surface area contributed by atoms with Crippen molar-refractivity contribution >= 4 is 10.0 Å². The summed E-state index contributed by atoms with van der Waals surface area (Å²) in [7, 11) is -1.74. The molecule has 1 unspecified atom stereocenters. The molecule has 0 aliphatic carbocycles. The van der Waals surface area contributed by atoms with Crippen LogP contribution in [0.5, 0.6) is 0 Å². The number of nitrogens with zero attached hydrogens (tertiary/aromatic N) is 1. The van der Waals surface area contributed by atoms with E-state index in [0.717, 1.165) is 25.5 Å². The molecule has 0 bridgehead atoms. The third-order valence-electron chi connectivity index (χ3n) is 3.74. The lowest BCUT2D eigenvalue weighted by Crippen LogP contribution is -2.42. The van der Waals surface area contributed by atoms with E-state index in [1.807, 2.05) is 7.05 Å². The smallest absolute Gasteiger partial charge is 0.243 e. The van der Waals surface area contributed by atoms with E-state index in [-0.39, 0.29) is 4.90 Å². The van der Waals surface area contributed by atoms with Crippen LogP contribution < -0.4 is 5.32 Å². The normalized spacial score (nSPS) is 21.1. The van der Waals surface area contributed by atoms with Crippen LogP contribution in [0, 0.1) is 18.7 Å². The highest BCUT2D eigenvalue weighted by molar-refractivity contribution is 7.89. The third kappa shape index (κ3) is 3.19. The maximum Gasteiger partial charge on any atom is 0.243 e. The molecule has 1 heterocycles. The van der Waals surface area contributed by atoms with E-state index in [0.29, 0.717) is 24.6 Å². The average Bonchev–Trinajstić information content (AvgIpc) is 2.42. The molecule has 4 nitrogen and oxygen atoms in total. The first-order valence-electron chi connectivity index (χ1n) is 6.86. The number of aryl methyl sites for hydroxylation is 1. The van der Waals surface area contributed by atoms with Gasteiger partial charge >= 0.3 is 0 Å². The van der Waals surface area contributed by atoms with Gasteiger partial charge in [-0.25, -0.2) is 12.8 Å². The molecule has 20 heavy (non-hydrogen) atoms. The second-order valence-corrected chi connectivity index (χ2v) is 7.25. The number of rotatable bonds is 4. The van der Waals surface area contributed by atoms with Crippen LogP contribution in [0.2, 0.25) is 0 Å². The molecular formula is C14H21FN2O2S. The van der Waals surface area contributed by atoms with Crippen molar-refractivity contribution in [1.82, 2.24) is 9.62 Å². The fraction of sp³-hybridized carbons (Fsp3) is 0.571. The summed E-state index contributed by atoms with van der Waals surface area (Å²) in [6.45, 7) is 3.51. The number of hydrogen-bond donors (Lipinski definition) is 1. The monoisotopic (exact) mass is 300 g/mol. The van der Waals surface area contributed by atoms with Crippen molar-refractivity contribution in [3.05, 3.63) is 29.6 Å². The number of benzene rings is 1. The van der Waals surface area contributed by atoms with Crippen molar-refractivity contribution in [2.75, 3.05) is 26.7 Å². The van der Waals surface area contributed by atoms with Crippen molar-refractivity contribution in [3.8, 4) is 0 Å². The molecule has 112 valence electrons. The quantitative estimate of drug-likeness (QED) is 0.922. The standard InChI is InChI=1S/C14H21FN2O2S/c1-11-5-6-13(15)8-14(11)20(18,19)17-7-3-4-12(10-17)9-16-2/h5-6,8,12,16H,3-4,7,9-10H2,1-2H3. The highest BCUT2D eigenvalue weighted by atomic mass is 32.2. The summed E-state index contributed by atoms with van der Waals surface area (Å²) in [6, 6.07) is 3.91. The SMILES string of the molecule is CNCC1CCCN(S(=O)(=O)c2cc(F)ccc2C)C1. The Bertz CT molecular complexity index is 573. The molecule has 1 aromatic rings. The number of hydrogen-bond acceptors (Lipinski definition) is 3. The van der Waals surface area contributed by atoms with E-state index in [9.17, 15) is 12.8 Å². The molecule has 1 atom stereocenters. The topological polar surface area (TPSA) is 49.4 Å². The zero-order chi connectivity index (χ0) is 14.8. The summed E-state index contributed by atoms with van der Waals surface area (Å²) in [6.07, 6.45) is 1.87. The van der Waals surface area contributed by atoms with E-state index < -0.39 is 15.8 Å². The zero-order valence-electron chi connectivity index (χ0n) is 11.9. The van der Waals surface area contributed by atoms with Gasteiger partial charge in [-0.2, -0.15) is 4.31 Å². The highest BCUT2D eigenvalue weighted by Crippen LogP contribution is 2.25. The Morgan fingerprint density at radius 3 is 2.90 bits per heavy atom. The molecule has 1 fully saturated rings. The van der Waals surface area contributed by atoms with Gasteiger partial charge in [0.25, 0.3) is 0 Å². The summed E-state index contributed by atoms with van der Waals surface area (Å²) in [4.78, 5) is 0.0857. The molecule has 1 aliphatic rings. The number of nitrogens with one attached hydrogen (secondary N) is 1. The second-order valence-electron chi connectivity index (χ2n) is 5.34. The Morgan fingerprint density at radius 1 is 1.45 bits per heavy atom. The molecule has 2 rings (SSSR count). The minimum atomic E-state index is -3.60. The molecule has 0 aromatic heterocycles. The molecule has 6 heteroatoms. The largest absolute Gasteiger partial charge is 0.319 e. The van der Waals surface area contributed by atoms with Gasteiger partial charge in [-0.05, 0) is 57.0 Å². The Kier molecular flexibility index (Phi) is 4.78. The van der Waals surface area contributed by atoms with Crippen LogP contribution in [0.15, 0.2) is 23.1 Å². The number of halogens is 1. The van der Waals surface area contributed by atoms with Crippen molar-refractivity contribution in [2.45, 2.75) is 24.7 Å². The maximum absolute atomic E-state index is 13.3. The van der Waals surface area contributed by atoms with E-state index in [4.69, 9.17) is 0 Å². The fourth-order valence-corrected chi connectivity index (χ4v) is 4.48. The molecule has 1 aliphatic heterocycles. The van der Waals surface area contributed by atoms with Crippen molar-refractivity contribution in [3.63, 3.8) is 0 Å². The lowest BCUT2D eigenvalue weighted by molar-refractivity contribution is 0.263. The van der Waals surface area contributed by atoms with Crippen molar-refractivity contribution in [2.24, 2.45) is 5.92 Å². The van der Waals surface area contributed by atoms with Gasteiger partial charge in [-0.3, -0.25) is 0 Å². The first-order valence-corrected chi connectivity index (χ1v) is 8.30. The van der Waals surface area contributed by atoms with E-state index in [1.54, 1.807) is 6.92 Å².